The van der Waals surface area contributed by atoms with E-state index in [1.165, 1.54) is 56.7 Å². The molecule has 0 spiro atoms. The number of halogens is 3. The van der Waals surface area contributed by atoms with Gasteiger partial charge in [-0.1, -0.05) is 42.5 Å². The third-order valence-electron chi connectivity index (χ3n) is 5.89. The lowest BCUT2D eigenvalue weighted by Crippen LogP contribution is -2.10. The number of benzene rings is 4. The number of para-hydroxylation sites is 1. The molecule has 0 atom stereocenters. The van der Waals surface area contributed by atoms with Crippen LogP contribution in [0.25, 0.3) is 22.3 Å². The molecule has 0 aliphatic rings. The molecule has 0 saturated carbocycles. The Hall–Kier alpha value is -4.59. The second kappa shape index (κ2) is 10.2. The molecular formula is C29H21F3O5. The van der Waals surface area contributed by atoms with E-state index in [2.05, 4.69) is 0 Å². The Labute approximate surface area is 210 Å². The molecule has 0 aromatic heterocycles. The van der Waals surface area contributed by atoms with Crippen LogP contribution in [0, 0.1) is 0 Å². The number of alkyl halides is 3. The zero-order chi connectivity index (χ0) is 26.7. The van der Waals surface area contributed by atoms with Crippen molar-refractivity contribution in [3.8, 4) is 33.8 Å². The molecule has 4 aromatic rings. The van der Waals surface area contributed by atoms with Crippen molar-refractivity contribution in [2.45, 2.75) is 6.18 Å². The molecule has 5 nitrogen and oxygen atoms in total. The third-order valence-corrected chi connectivity index (χ3v) is 5.89. The number of carbonyl (C=O) groups excluding carboxylic acids is 1. The van der Waals surface area contributed by atoms with Gasteiger partial charge in [-0.05, 0) is 53.6 Å². The van der Waals surface area contributed by atoms with Crippen molar-refractivity contribution in [1.82, 2.24) is 0 Å². The largest absolute Gasteiger partial charge is 0.496 e. The summed E-state index contributed by atoms with van der Waals surface area (Å²) in [4.78, 5) is 24.4. The van der Waals surface area contributed by atoms with Crippen LogP contribution in [-0.2, 0) is 6.18 Å². The van der Waals surface area contributed by atoms with Gasteiger partial charge in [-0.15, -0.1) is 0 Å². The topological polar surface area (TPSA) is 72.8 Å². The normalized spacial score (nSPS) is 11.2. The summed E-state index contributed by atoms with van der Waals surface area (Å²) in [5, 5.41) is 9.06. The van der Waals surface area contributed by atoms with Gasteiger partial charge in [0.05, 0.1) is 25.3 Å². The lowest BCUT2D eigenvalue weighted by molar-refractivity contribution is -0.137. The molecule has 0 aliphatic carbocycles. The highest BCUT2D eigenvalue weighted by Crippen LogP contribution is 2.40. The smallest absolute Gasteiger partial charge is 0.417 e. The zero-order valence-corrected chi connectivity index (χ0v) is 19.8. The second-order valence-corrected chi connectivity index (χ2v) is 8.09. The van der Waals surface area contributed by atoms with Gasteiger partial charge in [0.2, 0.25) is 0 Å². The lowest BCUT2D eigenvalue weighted by atomic mass is 9.92. The minimum atomic E-state index is -4.75. The predicted octanol–water partition coefficient (Wildman–Crippen LogP) is 6.99. The fraction of sp³-hybridized carbons (Fsp3) is 0.103. The van der Waals surface area contributed by atoms with E-state index in [0.29, 0.717) is 22.6 Å². The van der Waals surface area contributed by atoms with Crippen LogP contribution in [0.1, 0.15) is 31.8 Å². The maximum atomic E-state index is 14.0. The summed E-state index contributed by atoms with van der Waals surface area (Å²) in [6.45, 7) is 0. The lowest BCUT2D eigenvalue weighted by Gasteiger charge is -2.16. The first kappa shape index (κ1) is 25.5. The van der Waals surface area contributed by atoms with Crippen molar-refractivity contribution in [3.05, 3.63) is 107 Å². The van der Waals surface area contributed by atoms with Gasteiger partial charge in [-0.25, -0.2) is 4.79 Å². The molecule has 1 N–H and O–H groups in total. The Morgan fingerprint density at radius 1 is 0.676 bits per heavy atom. The van der Waals surface area contributed by atoms with E-state index < -0.39 is 23.5 Å². The fourth-order valence-electron chi connectivity index (χ4n) is 4.06. The van der Waals surface area contributed by atoms with Crippen molar-refractivity contribution in [1.29, 1.82) is 0 Å². The van der Waals surface area contributed by atoms with Crippen LogP contribution in [0.4, 0.5) is 13.2 Å². The highest BCUT2D eigenvalue weighted by Gasteiger charge is 2.34. The number of carboxylic acid groups (broad SMARTS) is 1. The number of ketones is 1. The molecule has 0 fully saturated rings. The Balaban J connectivity index is 1.78. The van der Waals surface area contributed by atoms with Gasteiger partial charge in [0.25, 0.3) is 0 Å². The maximum Gasteiger partial charge on any atom is 0.417 e. The first-order valence-electron chi connectivity index (χ1n) is 11.0. The van der Waals surface area contributed by atoms with E-state index in [1.807, 2.05) is 0 Å². The van der Waals surface area contributed by atoms with Gasteiger partial charge >= 0.3 is 12.1 Å². The Kier molecular flexibility index (Phi) is 7.02. The summed E-state index contributed by atoms with van der Waals surface area (Å²) >= 11 is 0. The number of rotatable bonds is 7. The minimum Gasteiger partial charge on any atom is -0.496 e. The number of methoxy groups -OCH3 is 2. The molecule has 4 aromatic carbocycles. The van der Waals surface area contributed by atoms with Crippen molar-refractivity contribution in [2.75, 3.05) is 14.2 Å². The second-order valence-electron chi connectivity index (χ2n) is 8.09. The number of carbonyl (C=O) groups is 2. The van der Waals surface area contributed by atoms with E-state index in [4.69, 9.17) is 14.6 Å². The monoisotopic (exact) mass is 506 g/mol. The molecule has 0 unspecified atom stereocenters. The van der Waals surface area contributed by atoms with Crippen molar-refractivity contribution in [2.24, 2.45) is 0 Å². The first-order valence-corrected chi connectivity index (χ1v) is 11.0. The number of carboxylic acids is 1. The Morgan fingerprint density at radius 2 is 1.24 bits per heavy atom. The average Bonchev–Trinajstić information content (AvgIpc) is 2.91. The quantitative estimate of drug-likeness (QED) is 0.274. The highest BCUT2D eigenvalue weighted by atomic mass is 19.4. The van der Waals surface area contributed by atoms with Gasteiger partial charge in [0.1, 0.15) is 11.5 Å². The van der Waals surface area contributed by atoms with Crippen LogP contribution in [0.2, 0.25) is 0 Å². The maximum absolute atomic E-state index is 14.0. The molecule has 188 valence electrons. The minimum absolute atomic E-state index is 0.0468. The summed E-state index contributed by atoms with van der Waals surface area (Å²) in [6, 6.07) is 20.2. The molecule has 0 heterocycles. The van der Waals surface area contributed by atoms with Gasteiger partial charge in [-0.3, -0.25) is 4.79 Å². The van der Waals surface area contributed by atoms with Gasteiger partial charge in [0.15, 0.2) is 5.78 Å². The third kappa shape index (κ3) is 5.18. The predicted molar refractivity (Wildman–Crippen MR) is 132 cm³/mol. The number of ether oxygens (including phenoxy) is 2. The van der Waals surface area contributed by atoms with Crippen LogP contribution in [0.5, 0.6) is 11.5 Å². The molecule has 0 amide bonds. The summed E-state index contributed by atoms with van der Waals surface area (Å²) < 4.78 is 52.9. The van der Waals surface area contributed by atoms with Gasteiger partial charge in [-0.2, -0.15) is 13.2 Å². The van der Waals surface area contributed by atoms with Crippen LogP contribution in [0.15, 0.2) is 84.9 Å². The Bertz CT molecular complexity index is 1470. The Morgan fingerprint density at radius 3 is 1.86 bits per heavy atom. The van der Waals surface area contributed by atoms with E-state index in [1.54, 1.807) is 36.4 Å². The molecule has 0 radical (unpaired) electrons. The molecule has 0 saturated heterocycles. The SMILES string of the molecule is COc1ccccc1-c1cc(C(=O)c2ccc(-c3ccc(C(=O)O)cc3)c(C(F)(F)F)c2)ccc1OC. The first-order chi connectivity index (χ1) is 17.6. The van der Waals surface area contributed by atoms with Crippen LogP contribution in [-0.4, -0.2) is 31.1 Å². The van der Waals surface area contributed by atoms with Gasteiger partial charge in [0, 0.05) is 22.3 Å². The highest BCUT2D eigenvalue weighted by molar-refractivity contribution is 6.10. The van der Waals surface area contributed by atoms with Crippen molar-refractivity contribution >= 4 is 11.8 Å². The molecular weight excluding hydrogens is 485 g/mol. The summed E-state index contributed by atoms with van der Waals surface area (Å²) in [5.41, 5.74) is 0.214. The van der Waals surface area contributed by atoms with Crippen LogP contribution < -0.4 is 9.47 Å². The molecule has 4 rings (SSSR count). The van der Waals surface area contributed by atoms with Gasteiger partial charge < -0.3 is 14.6 Å². The molecule has 0 bridgehead atoms. The summed E-state index contributed by atoms with van der Waals surface area (Å²) in [5.74, 6) is -0.771. The fourth-order valence-corrected chi connectivity index (χ4v) is 4.06. The van der Waals surface area contributed by atoms with E-state index in [9.17, 15) is 22.8 Å². The average molecular weight is 506 g/mol. The number of hydrogen-bond donors (Lipinski definition) is 1. The van der Waals surface area contributed by atoms with Crippen molar-refractivity contribution < 1.29 is 37.3 Å². The van der Waals surface area contributed by atoms with E-state index >= 15 is 0 Å². The van der Waals surface area contributed by atoms with Crippen molar-refractivity contribution in [3.63, 3.8) is 0 Å². The molecule has 8 heteroatoms. The zero-order valence-electron chi connectivity index (χ0n) is 19.8. The summed E-state index contributed by atoms with van der Waals surface area (Å²) in [6.07, 6.45) is -4.75. The standard InChI is InChI=1S/C29H21F3O5/c1-36-25-6-4-3-5-22(25)23-15-19(12-14-26(23)37-2)27(33)20-11-13-21(24(16-20)29(30,31)32)17-7-9-18(10-8-17)28(34)35/h3-16H,1-2H3,(H,34,35). The number of hydrogen-bond acceptors (Lipinski definition) is 4. The molecule has 0 aliphatic heterocycles. The number of aromatic carboxylic acids is 1. The van der Waals surface area contributed by atoms with E-state index in [-0.39, 0.29) is 27.8 Å². The summed E-state index contributed by atoms with van der Waals surface area (Å²) in [7, 11) is 2.99. The molecule has 37 heavy (non-hydrogen) atoms. The van der Waals surface area contributed by atoms with Crippen LogP contribution >= 0.6 is 0 Å². The van der Waals surface area contributed by atoms with Crippen LogP contribution in [0.3, 0.4) is 0 Å². The van der Waals surface area contributed by atoms with E-state index in [0.717, 1.165) is 6.07 Å².